The minimum Gasteiger partial charge on any atom is -0.396 e. The Balaban J connectivity index is 1.50. The molecule has 0 aliphatic rings. The largest absolute Gasteiger partial charge is 0.396 e. The van der Waals surface area contributed by atoms with E-state index in [-0.39, 0.29) is 24.3 Å². The van der Waals surface area contributed by atoms with Crippen molar-refractivity contribution in [3.05, 3.63) is 58.5 Å². The Morgan fingerprint density at radius 3 is 3.00 bits per heavy atom. The van der Waals surface area contributed by atoms with E-state index in [0.717, 1.165) is 11.3 Å². The molecule has 1 unspecified atom stereocenters. The summed E-state index contributed by atoms with van der Waals surface area (Å²) in [5.41, 5.74) is 2.93. The molecular weight excluding hydrogens is 420 g/mol. The van der Waals surface area contributed by atoms with Crippen LogP contribution in [0.1, 0.15) is 41.2 Å². The van der Waals surface area contributed by atoms with Gasteiger partial charge in [-0.25, -0.2) is 0 Å². The number of nitriles is 1. The van der Waals surface area contributed by atoms with Crippen LogP contribution >= 0.6 is 11.6 Å². The second kappa shape index (κ2) is 10.7. The van der Waals surface area contributed by atoms with Crippen LogP contribution in [0.2, 0.25) is 5.02 Å². The lowest BCUT2D eigenvalue weighted by molar-refractivity contribution is 0.0527. The molecule has 0 aliphatic carbocycles. The summed E-state index contributed by atoms with van der Waals surface area (Å²) in [5, 5.41) is 32.3. The van der Waals surface area contributed by atoms with Crippen molar-refractivity contribution in [1.29, 1.82) is 5.26 Å². The van der Waals surface area contributed by atoms with Crippen LogP contribution in [0.5, 0.6) is 0 Å². The molecule has 1 aromatic carbocycles. The summed E-state index contributed by atoms with van der Waals surface area (Å²) < 4.78 is 7.28. The van der Waals surface area contributed by atoms with Gasteiger partial charge in [0.15, 0.2) is 0 Å². The quantitative estimate of drug-likeness (QED) is 0.414. The van der Waals surface area contributed by atoms with Crippen LogP contribution in [0.25, 0.3) is 11.3 Å². The first-order valence-electron chi connectivity index (χ1n) is 9.81. The van der Waals surface area contributed by atoms with Crippen LogP contribution in [0.3, 0.4) is 0 Å². The summed E-state index contributed by atoms with van der Waals surface area (Å²) in [6.07, 6.45) is 2.11. The second-order valence-corrected chi connectivity index (χ2v) is 7.23. The van der Waals surface area contributed by atoms with Crippen molar-refractivity contribution >= 4 is 17.5 Å². The lowest BCUT2D eigenvalue weighted by atomic mass is 10.1. The average Bonchev–Trinajstić information content (AvgIpc) is 3.44. The zero-order valence-electron chi connectivity index (χ0n) is 17.0. The van der Waals surface area contributed by atoms with E-state index in [1.807, 2.05) is 25.3 Å². The monoisotopic (exact) mass is 442 g/mol. The van der Waals surface area contributed by atoms with Gasteiger partial charge in [-0.3, -0.25) is 14.6 Å². The van der Waals surface area contributed by atoms with Gasteiger partial charge in [0.25, 0.3) is 5.91 Å². The van der Waals surface area contributed by atoms with Crippen LogP contribution in [-0.2, 0) is 11.3 Å². The van der Waals surface area contributed by atoms with Gasteiger partial charge in [0.1, 0.15) is 11.8 Å². The van der Waals surface area contributed by atoms with Gasteiger partial charge >= 0.3 is 0 Å². The molecule has 9 nitrogen and oxygen atoms in total. The van der Waals surface area contributed by atoms with Crippen LogP contribution in [0.4, 0.5) is 0 Å². The molecule has 0 fully saturated rings. The molecule has 0 saturated carbocycles. The van der Waals surface area contributed by atoms with Crippen molar-refractivity contribution < 1.29 is 14.6 Å². The number of aromatic nitrogens is 4. The fourth-order valence-electron chi connectivity index (χ4n) is 2.86. The van der Waals surface area contributed by atoms with E-state index < -0.39 is 0 Å². The number of aliphatic hydroxyl groups is 1. The molecule has 0 saturated heterocycles. The standard InChI is InChI=1S/C21H23ClN6O3/c1-14(31-10-2-9-29)19-12-20(26-25-19)21(30)24-6-8-28-7-5-18(27-28)15-3-4-16(13-23)17(22)11-15/h3-5,7,11-12,14,29H,2,6,8-10H2,1H3,(H,24,30)(H,25,26). The van der Waals surface area contributed by atoms with E-state index in [0.29, 0.717) is 42.4 Å². The Morgan fingerprint density at radius 2 is 2.26 bits per heavy atom. The first kappa shape index (κ1) is 22.5. The highest BCUT2D eigenvalue weighted by molar-refractivity contribution is 6.32. The van der Waals surface area contributed by atoms with E-state index in [2.05, 4.69) is 20.6 Å². The third-order valence-electron chi connectivity index (χ3n) is 4.59. The molecule has 1 amide bonds. The minimum absolute atomic E-state index is 0.0717. The van der Waals surface area contributed by atoms with E-state index in [1.54, 1.807) is 28.9 Å². The maximum absolute atomic E-state index is 12.3. The maximum Gasteiger partial charge on any atom is 0.271 e. The van der Waals surface area contributed by atoms with Gasteiger partial charge < -0.3 is 15.2 Å². The van der Waals surface area contributed by atoms with Gasteiger partial charge in [0.05, 0.1) is 34.6 Å². The highest BCUT2D eigenvalue weighted by Gasteiger charge is 2.14. The maximum atomic E-state index is 12.3. The summed E-state index contributed by atoms with van der Waals surface area (Å²) in [4.78, 5) is 12.3. The van der Waals surface area contributed by atoms with Crippen molar-refractivity contribution in [2.75, 3.05) is 19.8 Å². The Labute approximate surface area is 184 Å². The first-order chi connectivity index (χ1) is 15.0. The van der Waals surface area contributed by atoms with Crippen molar-refractivity contribution in [3.8, 4) is 17.3 Å². The number of carbonyl (C=O) groups is 1. The molecule has 3 rings (SSSR count). The molecule has 0 radical (unpaired) electrons. The first-order valence-corrected chi connectivity index (χ1v) is 10.2. The third-order valence-corrected chi connectivity index (χ3v) is 4.90. The molecule has 162 valence electrons. The molecule has 10 heteroatoms. The van der Waals surface area contributed by atoms with Crippen LogP contribution in [0, 0.1) is 11.3 Å². The number of nitrogens with one attached hydrogen (secondary N) is 2. The number of aliphatic hydroxyl groups excluding tert-OH is 1. The zero-order valence-corrected chi connectivity index (χ0v) is 17.8. The number of amides is 1. The van der Waals surface area contributed by atoms with Gasteiger partial charge in [-0.1, -0.05) is 17.7 Å². The number of ether oxygens (including phenoxy) is 1. The number of benzene rings is 1. The molecule has 31 heavy (non-hydrogen) atoms. The minimum atomic E-state index is -0.295. The molecule has 2 aromatic heterocycles. The van der Waals surface area contributed by atoms with Gasteiger partial charge in [-0.05, 0) is 37.6 Å². The number of nitrogens with zero attached hydrogens (tertiary/aromatic N) is 4. The Bertz CT molecular complexity index is 1070. The number of halogens is 1. The lowest BCUT2D eigenvalue weighted by Gasteiger charge is -2.09. The number of hydrogen-bond donors (Lipinski definition) is 3. The van der Waals surface area contributed by atoms with E-state index in [9.17, 15) is 4.79 Å². The number of carbonyl (C=O) groups excluding carboxylic acids is 1. The lowest BCUT2D eigenvalue weighted by Crippen LogP contribution is -2.27. The Morgan fingerprint density at radius 1 is 1.42 bits per heavy atom. The van der Waals surface area contributed by atoms with E-state index >= 15 is 0 Å². The van der Waals surface area contributed by atoms with E-state index in [4.69, 9.17) is 26.7 Å². The molecule has 0 bridgehead atoms. The normalized spacial score (nSPS) is 11.8. The number of aromatic amines is 1. The second-order valence-electron chi connectivity index (χ2n) is 6.83. The smallest absolute Gasteiger partial charge is 0.271 e. The zero-order chi connectivity index (χ0) is 22.2. The van der Waals surface area contributed by atoms with Gasteiger partial charge in [-0.15, -0.1) is 0 Å². The number of hydrogen-bond acceptors (Lipinski definition) is 6. The summed E-state index contributed by atoms with van der Waals surface area (Å²) in [6.45, 7) is 3.20. The predicted molar refractivity (Wildman–Crippen MR) is 114 cm³/mol. The van der Waals surface area contributed by atoms with E-state index in [1.165, 1.54) is 0 Å². The molecule has 3 N–H and O–H groups in total. The van der Waals surface area contributed by atoms with Crippen molar-refractivity contribution in [3.63, 3.8) is 0 Å². The highest BCUT2D eigenvalue weighted by atomic mass is 35.5. The third kappa shape index (κ3) is 5.92. The molecular formula is C21H23ClN6O3. The molecule has 1 atom stereocenters. The van der Waals surface area contributed by atoms with Crippen LogP contribution < -0.4 is 5.32 Å². The molecule has 0 aliphatic heterocycles. The van der Waals surface area contributed by atoms with Crippen LogP contribution in [-0.4, -0.2) is 50.8 Å². The summed E-state index contributed by atoms with van der Waals surface area (Å²) >= 11 is 6.08. The number of rotatable bonds is 10. The summed E-state index contributed by atoms with van der Waals surface area (Å²) in [7, 11) is 0. The van der Waals surface area contributed by atoms with Gasteiger partial charge in [-0.2, -0.15) is 15.5 Å². The fraction of sp³-hybridized carbons (Fsp3) is 0.333. The predicted octanol–water partition coefficient (Wildman–Crippen LogP) is 2.69. The highest BCUT2D eigenvalue weighted by Crippen LogP contribution is 2.24. The fourth-order valence-corrected chi connectivity index (χ4v) is 3.08. The SMILES string of the molecule is CC(OCCCO)c1cc(C(=O)NCCn2ccc(-c3ccc(C#N)c(Cl)c3)n2)n[nH]1. The van der Waals surface area contributed by atoms with Crippen molar-refractivity contribution in [2.45, 2.75) is 26.0 Å². The molecule has 3 aromatic rings. The topological polar surface area (TPSA) is 129 Å². The Kier molecular flexibility index (Phi) is 7.78. The number of H-pyrrole nitrogens is 1. The molecule has 2 heterocycles. The van der Waals surface area contributed by atoms with Crippen LogP contribution in [0.15, 0.2) is 36.5 Å². The summed E-state index contributed by atoms with van der Waals surface area (Å²) in [6, 6.07) is 10.7. The van der Waals surface area contributed by atoms with Gasteiger partial charge in [0.2, 0.25) is 0 Å². The average molecular weight is 443 g/mol. The Hall–Kier alpha value is -3.19. The summed E-state index contributed by atoms with van der Waals surface area (Å²) in [5.74, 6) is -0.295. The molecule has 0 spiro atoms. The van der Waals surface area contributed by atoms with Gasteiger partial charge in [0, 0.05) is 31.5 Å². The van der Waals surface area contributed by atoms with Crippen molar-refractivity contribution in [2.24, 2.45) is 0 Å². The van der Waals surface area contributed by atoms with Crippen molar-refractivity contribution in [1.82, 2.24) is 25.3 Å².